The van der Waals surface area contributed by atoms with Crippen LogP contribution in [-0.2, 0) is 11.2 Å². The normalized spacial score (nSPS) is 13.2. The summed E-state index contributed by atoms with van der Waals surface area (Å²) in [5.74, 6) is -0.782. The van der Waals surface area contributed by atoms with Crippen molar-refractivity contribution in [3.63, 3.8) is 0 Å². The number of carboxylic acid groups (broad SMARTS) is 1. The van der Waals surface area contributed by atoms with Gasteiger partial charge in [0.25, 0.3) is 0 Å². The Labute approximate surface area is 157 Å². The summed E-state index contributed by atoms with van der Waals surface area (Å²) in [5, 5.41) is 34.8. The van der Waals surface area contributed by atoms with Gasteiger partial charge in [0.2, 0.25) is 0 Å². The van der Waals surface area contributed by atoms with Gasteiger partial charge >= 0.3 is 5.97 Å². The first-order chi connectivity index (χ1) is 12.4. The molecule has 0 saturated carbocycles. The van der Waals surface area contributed by atoms with E-state index in [0.717, 1.165) is 11.1 Å². The van der Waals surface area contributed by atoms with Crippen molar-refractivity contribution in [2.24, 2.45) is 0 Å². The number of carbonyl (C=O) groups is 1. The Morgan fingerprint density at radius 3 is 2.50 bits per heavy atom. The number of rotatable bonds is 9. The van der Waals surface area contributed by atoms with Crippen molar-refractivity contribution in [1.29, 1.82) is 0 Å². The molecule has 0 heterocycles. The number of anilines is 1. The van der Waals surface area contributed by atoms with Crippen LogP contribution < -0.4 is 10.6 Å². The van der Waals surface area contributed by atoms with Gasteiger partial charge in [-0.3, -0.25) is 4.79 Å². The minimum absolute atomic E-state index is 0.161. The van der Waals surface area contributed by atoms with E-state index in [0.29, 0.717) is 23.7 Å². The number of aliphatic hydroxyl groups is 1. The number of phenolic OH excluding ortho intramolecular Hbond substituents is 1. The highest BCUT2D eigenvalue weighted by Crippen LogP contribution is 2.23. The molecule has 0 spiro atoms. The number of nitrogens with one attached hydrogen (secondary N) is 2. The number of carboxylic acids is 1. The summed E-state index contributed by atoms with van der Waals surface area (Å²) < 4.78 is 0. The minimum Gasteiger partial charge on any atom is -0.508 e. The van der Waals surface area contributed by atoms with Gasteiger partial charge in [-0.25, -0.2) is 0 Å². The second-order valence-electron chi connectivity index (χ2n) is 6.09. The van der Waals surface area contributed by atoms with Gasteiger partial charge in [-0.15, -0.1) is 0 Å². The van der Waals surface area contributed by atoms with Crippen molar-refractivity contribution in [2.45, 2.75) is 25.5 Å². The van der Waals surface area contributed by atoms with Gasteiger partial charge in [0, 0.05) is 6.04 Å². The van der Waals surface area contributed by atoms with Gasteiger partial charge in [0.05, 0.1) is 16.8 Å². The smallest absolute Gasteiger partial charge is 0.322 e. The average Bonchev–Trinajstić information content (AvgIpc) is 2.60. The largest absolute Gasteiger partial charge is 0.508 e. The van der Waals surface area contributed by atoms with Crippen LogP contribution in [0, 0.1) is 0 Å². The summed E-state index contributed by atoms with van der Waals surface area (Å²) in [7, 11) is 0. The summed E-state index contributed by atoms with van der Waals surface area (Å²) in [6.07, 6.45) is 0.0350. The van der Waals surface area contributed by atoms with Gasteiger partial charge in [0.1, 0.15) is 12.3 Å². The van der Waals surface area contributed by atoms with Crippen LogP contribution in [0.5, 0.6) is 5.75 Å². The summed E-state index contributed by atoms with van der Waals surface area (Å²) in [5.41, 5.74) is 2.33. The Bertz CT molecular complexity index is 737. The molecular formula is C19H23ClN2O4. The molecule has 2 rings (SSSR count). The lowest BCUT2D eigenvalue weighted by Gasteiger charge is -2.21. The first-order valence-electron chi connectivity index (χ1n) is 8.31. The van der Waals surface area contributed by atoms with Crippen molar-refractivity contribution >= 4 is 23.3 Å². The summed E-state index contributed by atoms with van der Waals surface area (Å²) in [6, 6.07) is 11.8. The van der Waals surface area contributed by atoms with Gasteiger partial charge in [-0.1, -0.05) is 29.8 Å². The number of hydrogen-bond donors (Lipinski definition) is 5. The molecule has 2 aromatic rings. The maximum atomic E-state index is 10.6. The average molecular weight is 379 g/mol. The zero-order valence-corrected chi connectivity index (χ0v) is 15.2. The molecular weight excluding hydrogens is 356 g/mol. The molecule has 0 aliphatic heterocycles. The van der Waals surface area contributed by atoms with Crippen LogP contribution >= 0.6 is 11.6 Å². The number of benzene rings is 2. The Hall–Kier alpha value is -2.28. The van der Waals surface area contributed by atoms with Crippen molar-refractivity contribution in [2.75, 3.05) is 18.4 Å². The number of aliphatic carboxylic acids is 1. The topological polar surface area (TPSA) is 102 Å². The predicted molar refractivity (Wildman–Crippen MR) is 102 cm³/mol. The van der Waals surface area contributed by atoms with E-state index in [4.69, 9.17) is 16.7 Å². The lowest BCUT2D eigenvalue weighted by atomic mass is 10.0. The number of aromatic hydroxyl groups is 1. The number of halogens is 1. The zero-order valence-electron chi connectivity index (χ0n) is 14.4. The maximum absolute atomic E-state index is 10.6. The Morgan fingerprint density at radius 2 is 1.88 bits per heavy atom. The molecule has 7 heteroatoms. The third kappa shape index (κ3) is 5.91. The van der Waals surface area contributed by atoms with Crippen LogP contribution in [0.4, 0.5) is 5.69 Å². The van der Waals surface area contributed by atoms with Gasteiger partial charge in [-0.05, 0) is 55.3 Å². The van der Waals surface area contributed by atoms with Crippen molar-refractivity contribution in [1.82, 2.24) is 5.32 Å². The SMILES string of the molecule is C[C@H](NCCc1ccc(NCC(=O)O)c(Cl)c1)[C@H](O)c1ccc(O)cc1. The molecule has 0 aromatic heterocycles. The monoisotopic (exact) mass is 378 g/mol. The fraction of sp³-hybridized carbons (Fsp3) is 0.316. The van der Waals surface area contributed by atoms with E-state index in [2.05, 4.69) is 10.6 Å². The highest BCUT2D eigenvalue weighted by Gasteiger charge is 2.15. The number of aliphatic hydroxyl groups excluding tert-OH is 1. The minimum atomic E-state index is -0.949. The summed E-state index contributed by atoms with van der Waals surface area (Å²) in [6.45, 7) is 2.35. The zero-order chi connectivity index (χ0) is 19.1. The molecule has 0 fully saturated rings. The van der Waals surface area contributed by atoms with E-state index in [-0.39, 0.29) is 18.3 Å². The molecule has 26 heavy (non-hydrogen) atoms. The van der Waals surface area contributed by atoms with Gasteiger partial charge in [0.15, 0.2) is 0 Å². The Balaban J connectivity index is 1.83. The molecule has 0 amide bonds. The molecule has 0 aliphatic carbocycles. The predicted octanol–water partition coefficient (Wildman–Crippen LogP) is 2.80. The van der Waals surface area contributed by atoms with Gasteiger partial charge < -0.3 is 26.0 Å². The van der Waals surface area contributed by atoms with E-state index in [1.807, 2.05) is 13.0 Å². The molecule has 5 N–H and O–H groups in total. The van der Waals surface area contributed by atoms with E-state index in [9.17, 15) is 15.0 Å². The van der Waals surface area contributed by atoms with Crippen LogP contribution in [0.1, 0.15) is 24.2 Å². The number of hydrogen-bond acceptors (Lipinski definition) is 5. The Morgan fingerprint density at radius 1 is 1.19 bits per heavy atom. The van der Waals surface area contributed by atoms with Crippen LogP contribution in [0.25, 0.3) is 0 Å². The molecule has 0 radical (unpaired) electrons. The molecule has 0 aliphatic rings. The molecule has 0 saturated heterocycles. The van der Waals surface area contributed by atoms with Crippen molar-refractivity contribution in [3.8, 4) is 5.75 Å². The fourth-order valence-corrected chi connectivity index (χ4v) is 2.81. The van der Waals surface area contributed by atoms with Crippen LogP contribution in [0.2, 0.25) is 5.02 Å². The lowest BCUT2D eigenvalue weighted by molar-refractivity contribution is -0.134. The van der Waals surface area contributed by atoms with E-state index < -0.39 is 12.1 Å². The van der Waals surface area contributed by atoms with Crippen LogP contribution in [0.15, 0.2) is 42.5 Å². The first kappa shape index (κ1) is 20.0. The van der Waals surface area contributed by atoms with E-state index >= 15 is 0 Å². The van der Waals surface area contributed by atoms with Crippen LogP contribution in [0.3, 0.4) is 0 Å². The molecule has 2 atom stereocenters. The van der Waals surface area contributed by atoms with E-state index in [1.54, 1.807) is 36.4 Å². The van der Waals surface area contributed by atoms with E-state index in [1.165, 1.54) is 0 Å². The standard InChI is InChI=1S/C19H23ClN2O4/c1-12(19(26)14-3-5-15(23)6-4-14)21-9-8-13-2-7-17(16(20)10-13)22-11-18(24)25/h2-7,10,12,19,21-23,26H,8-9,11H2,1H3,(H,24,25)/t12-,19-/m0/s1. The lowest BCUT2D eigenvalue weighted by Crippen LogP contribution is -2.33. The van der Waals surface area contributed by atoms with Crippen LogP contribution in [-0.4, -0.2) is 40.4 Å². The molecule has 0 unspecified atom stereocenters. The Kier molecular flexibility index (Phi) is 7.26. The van der Waals surface area contributed by atoms with Crippen molar-refractivity contribution in [3.05, 3.63) is 58.6 Å². The number of phenols is 1. The van der Waals surface area contributed by atoms with Crippen molar-refractivity contribution < 1.29 is 20.1 Å². The molecule has 6 nitrogen and oxygen atoms in total. The first-order valence-corrected chi connectivity index (χ1v) is 8.69. The molecule has 0 bridgehead atoms. The molecule has 2 aromatic carbocycles. The maximum Gasteiger partial charge on any atom is 0.322 e. The van der Waals surface area contributed by atoms with Gasteiger partial charge in [-0.2, -0.15) is 0 Å². The fourth-order valence-electron chi connectivity index (χ4n) is 2.54. The molecule has 140 valence electrons. The highest BCUT2D eigenvalue weighted by molar-refractivity contribution is 6.33. The highest BCUT2D eigenvalue weighted by atomic mass is 35.5. The summed E-state index contributed by atoms with van der Waals surface area (Å²) >= 11 is 6.16. The second kappa shape index (κ2) is 9.43. The summed E-state index contributed by atoms with van der Waals surface area (Å²) in [4.78, 5) is 10.6. The second-order valence-corrected chi connectivity index (χ2v) is 6.50. The third-order valence-corrected chi connectivity index (χ3v) is 4.36. The third-order valence-electron chi connectivity index (χ3n) is 4.05. The quantitative estimate of drug-likeness (QED) is 0.460.